The normalized spacial score (nSPS) is 16.2. The Morgan fingerprint density at radius 2 is 1.47 bits per heavy atom. The lowest BCUT2D eigenvalue weighted by Crippen LogP contribution is -2.45. The Morgan fingerprint density at radius 1 is 0.941 bits per heavy atom. The van der Waals surface area contributed by atoms with Gasteiger partial charge < -0.3 is 8.85 Å². The van der Waals surface area contributed by atoms with Crippen molar-refractivity contribution in [3.05, 3.63) is 0 Å². The first kappa shape index (κ1) is 17.1. The van der Waals surface area contributed by atoms with E-state index in [4.69, 9.17) is 8.85 Å². The molecule has 104 valence electrons. The lowest BCUT2D eigenvalue weighted by atomic mass is 10.0. The van der Waals surface area contributed by atoms with Crippen LogP contribution in [-0.2, 0) is 8.85 Å². The molecule has 0 aromatic heterocycles. The molecule has 0 radical (unpaired) electrons. The van der Waals surface area contributed by atoms with Gasteiger partial charge in [0.25, 0.3) is 0 Å². The zero-order valence-electron chi connectivity index (χ0n) is 12.9. The highest BCUT2D eigenvalue weighted by atomic mass is 28.4. The van der Waals surface area contributed by atoms with Crippen molar-refractivity contribution in [2.45, 2.75) is 73.1 Å². The van der Waals surface area contributed by atoms with E-state index in [-0.39, 0.29) is 0 Å². The second kappa shape index (κ2) is 8.28. The van der Waals surface area contributed by atoms with Gasteiger partial charge in [-0.2, -0.15) is 0 Å². The van der Waals surface area contributed by atoms with Gasteiger partial charge in [0.05, 0.1) is 0 Å². The molecule has 0 aliphatic heterocycles. The molecule has 17 heavy (non-hydrogen) atoms. The predicted molar refractivity (Wildman–Crippen MR) is 77.5 cm³/mol. The van der Waals surface area contributed by atoms with Gasteiger partial charge in [0.1, 0.15) is 0 Å². The number of hydrogen-bond acceptors (Lipinski definition) is 2. The molecule has 0 bridgehead atoms. The molecule has 0 heterocycles. The monoisotopic (exact) mass is 260 g/mol. The lowest BCUT2D eigenvalue weighted by Gasteiger charge is -2.34. The number of rotatable bonds is 9. The maximum atomic E-state index is 6.36. The van der Waals surface area contributed by atoms with E-state index in [1.165, 1.54) is 6.42 Å². The van der Waals surface area contributed by atoms with Gasteiger partial charge in [0, 0.05) is 12.7 Å². The Kier molecular flexibility index (Phi) is 8.34. The van der Waals surface area contributed by atoms with Crippen molar-refractivity contribution in [3.8, 4) is 0 Å². The Labute approximate surface area is 109 Å². The van der Waals surface area contributed by atoms with Crippen LogP contribution in [0.15, 0.2) is 0 Å². The molecule has 0 amide bonds. The number of hydrogen-bond donors (Lipinski definition) is 0. The van der Waals surface area contributed by atoms with Crippen LogP contribution in [0.2, 0.25) is 12.1 Å². The molecule has 0 saturated heterocycles. The van der Waals surface area contributed by atoms with Gasteiger partial charge in [-0.25, -0.2) is 0 Å². The van der Waals surface area contributed by atoms with Crippen molar-refractivity contribution in [2.75, 3.05) is 6.61 Å². The van der Waals surface area contributed by atoms with E-state index in [1.54, 1.807) is 0 Å². The van der Waals surface area contributed by atoms with E-state index in [0.717, 1.165) is 18.7 Å². The minimum Gasteiger partial charge on any atom is -0.394 e. The zero-order valence-corrected chi connectivity index (χ0v) is 13.9. The summed E-state index contributed by atoms with van der Waals surface area (Å²) in [5, 5.41) is 0. The molecular formula is C14H32O2Si. The summed E-state index contributed by atoms with van der Waals surface area (Å²) in [6.07, 6.45) is 1.49. The molecule has 2 unspecified atom stereocenters. The van der Waals surface area contributed by atoms with Crippen LogP contribution in [0.5, 0.6) is 0 Å². The smallest absolute Gasteiger partial charge is 0.337 e. The van der Waals surface area contributed by atoms with Crippen LogP contribution < -0.4 is 0 Å². The first-order chi connectivity index (χ1) is 7.90. The average Bonchev–Trinajstić information content (AvgIpc) is 2.33. The second-order valence-corrected chi connectivity index (χ2v) is 9.29. The largest absolute Gasteiger partial charge is 0.394 e. The Balaban J connectivity index is 4.48. The van der Waals surface area contributed by atoms with E-state index < -0.39 is 8.56 Å². The second-order valence-electron chi connectivity index (χ2n) is 5.53. The van der Waals surface area contributed by atoms with Crippen LogP contribution in [0.1, 0.15) is 54.9 Å². The first-order valence-electron chi connectivity index (χ1n) is 7.22. The summed E-state index contributed by atoms with van der Waals surface area (Å²) in [5.41, 5.74) is 0. The van der Waals surface area contributed by atoms with Crippen molar-refractivity contribution in [1.29, 1.82) is 0 Å². The zero-order chi connectivity index (χ0) is 13.5. The molecule has 0 rings (SSSR count). The van der Waals surface area contributed by atoms with Gasteiger partial charge in [-0.1, -0.05) is 48.0 Å². The standard InChI is InChI=1S/C14H32O2Si/c1-8-13(6)14(7)16-17(9-2,10-3)15-11-12(4)5/h12-14H,8-11H2,1-7H3. The SMILES string of the molecule is CCC(C)C(C)O[Si](CC)(CC)OCC(C)C. The third-order valence-electron chi connectivity index (χ3n) is 3.60. The van der Waals surface area contributed by atoms with Gasteiger partial charge in [0.2, 0.25) is 0 Å². The van der Waals surface area contributed by atoms with Crippen LogP contribution in [0, 0.1) is 11.8 Å². The average molecular weight is 260 g/mol. The fourth-order valence-electron chi connectivity index (χ4n) is 1.76. The lowest BCUT2D eigenvalue weighted by molar-refractivity contribution is 0.0816. The van der Waals surface area contributed by atoms with Crippen molar-refractivity contribution in [3.63, 3.8) is 0 Å². The maximum absolute atomic E-state index is 6.36. The van der Waals surface area contributed by atoms with Crippen LogP contribution >= 0.6 is 0 Å². The van der Waals surface area contributed by atoms with Gasteiger partial charge in [-0.15, -0.1) is 0 Å². The maximum Gasteiger partial charge on any atom is 0.337 e. The Hall–Kier alpha value is 0.137. The third kappa shape index (κ3) is 6.02. The first-order valence-corrected chi connectivity index (χ1v) is 9.45. The molecule has 3 heteroatoms. The summed E-state index contributed by atoms with van der Waals surface area (Å²) in [5.74, 6) is 1.20. The predicted octanol–water partition coefficient (Wildman–Crippen LogP) is 4.59. The van der Waals surface area contributed by atoms with Gasteiger partial charge in [0.15, 0.2) is 0 Å². The summed E-state index contributed by atoms with van der Waals surface area (Å²) in [6, 6.07) is 2.11. The van der Waals surface area contributed by atoms with Gasteiger partial charge >= 0.3 is 8.56 Å². The van der Waals surface area contributed by atoms with Crippen LogP contribution in [0.4, 0.5) is 0 Å². The molecular weight excluding hydrogens is 228 g/mol. The summed E-state index contributed by atoms with van der Waals surface area (Å²) < 4.78 is 12.5. The highest BCUT2D eigenvalue weighted by molar-refractivity contribution is 6.67. The van der Waals surface area contributed by atoms with Crippen molar-refractivity contribution in [2.24, 2.45) is 11.8 Å². The molecule has 2 nitrogen and oxygen atoms in total. The van der Waals surface area contributed by atoms with Crippen LogP contribution in [0.3, 0.4) is 0 Å². The molecule has 0 aromatic carbocycles. The van der Waals surface area contributed by atoms with Crippen LogP contribution in [0.25, 0.3) is 0 Å². The van der Waals surface area contributed by atoms with Gasteiger partial charge in [-0.05, 0) is 30.8 Å². The molecule has 2 atom stereocenters. The highest BCUT2D eigenvalue weighted by Crippen LogP contribution is 2.24. The molecule has 0 N–H and O–H groups in total. The molecule has 0 spiro atoms. The molecule has 0 saturated carbocycles. The summed E-state index contributed by atoms with van der Waals surface area (Å²) in [6.45, 7) is 16.3. The summed E-state index contributed by atoms with van der Waals surface area (Å²) in [7, 11) is -1.95. The quantitative estimate of drug-likeness (QED) is 0.564. The Bertz CT molecular complexity index is 191. The fraction of sp³-hybridized carbons (Fsp3) is 1.00. The van der Waals surface area contributed by atoms with E-state index in [9.17, 15) is 0 Å². The highest BCUT2D eigenvalue weighted by Gasteiger charge is 2.36. The van der Waals surface area contributed by atoms with Crippen molar-refractivity contribution >= 4 is 8.56 Å². The fourth-order valence-corrected chi connectivity index (χ4v) is 4.62. The Morgan fingerprint density at radius 3 is 1.82 bits per heavy atom. The van der Waals surface area contributed by atoms with E-state index in [2.05, 4.69) is 48.5 Å². The van der Waals surface area contributed by atoms with Crippen molar-refractivity contribution < 1.29 is 8.85 Å². The summed E-state index contributed by atoms with van der Waals surface area (Å²) >= 11 is 0. The van der Waals surface area contributed by atoms with E-state index in [1.807, 2.05) is 0 Å². The summed E-state index contributed by atoms with van der Waals surface area (Å²) in [4.78, 5) is 0. The third-order valence-corrected chi connectivity index (χ3v) is 7.25. The molecule has 0 fully saturated rings. The van der Waals surface area contributed by atoms with E-state index >= 15 is 0 Å². The minimum absolute atomic E-state index is 0.318. The van der Waals surface area contributed by atoms with Crippen molar-refractivity contribution in [1.82, 2.24) is 0 Å². The molecule has 0 aliphatic rings. The van der Waals surface area contributed by atoms with Crippen LogP contribution in [-0.4, -0.2) is 21.3 Å². The molecule has 0 aromatic rings. The van der Waals surface area contributed by atoms with E-state index in [0.29, 0.717) is 17.9 Å². The van der Waals surface area contributed by atoms with Gasteiger partial charge in [-0.3, -0.25) is 0 Å². The molecule has 0 aliphatic carbocycles. The minimum atomic E-state index is -1.95. The topological polar surface area (TPSA) is 18.5 Å².